The van der Waals surface area contributed by atoms with Crippen molar-refractivity contribution < 1.29 is 19.1 Å². The van der Waals surface area contributed by atoms with E-state index in [2.05, 4.69) is 10.2 Å². The Morgan fingerprint density at radius 2 is 1.64 bits per heavy atom. The highest BCUT2D eigenvalue weighted by atomic mass is 16.5. The second-order valence-corrected chi connectivity index (χ2v) is 7.36. The van der Waals surface area contributed by atoms with E-state index in [9.17, 15) is 14.4 Å². The summed E-state index contributed by atoms with van der Waals surface area (Å²) in [6.07, 6.45) is 2.02. The Bertz CT molecular complexity index is 532. The SMILES string of the molecule is CCN(CC)C(=O)CN1CCCN(C(=O)NC2CCN(C(=O)OC)CC2)CC1. The Morgan fingerprint density at radius 3 is 2.25 bits per heavy atom. The molecule has 160 valence electrons. The van der Waals surface area contributed by atoms with Crippen LogP contribution in [0.2, 0.25) is 0 Å². The molecule has 28 heavy (non-hydrogen) atoms. The number of hydrogen-bond donors (Lipinski definition) is 1. The summed E-state index contributed by atoms with van der Waals surface area (Å²) in [6.45, 7) is 9.91. The van der Waals surface area contributed by atoms with Crippen molar-refractivity contribution in [2.24, 2.45) is 0 Å². The predicted octanol–water partition coefficient (Wildman–Crippen LogP) is 0.803. The van der Waals surface area contributed by atoms with Crippen LogP contribution in [-0.2, 0) is 9.53 Å². The minimum Gasteiger partial charge on any atom is -0.453 e. The van der Waals surface area contributed by atoms with Gasteiger partial charge in [-0.15, -0.1) is 0 Å². The lowest BCUT2D eigenvalue weighted by atomic mass is 10.1. The largest absolute Gasteiger partial charge is 0.453 e. The molecule has 2 aliphatic rings. The maximum Gasteiger partial charge on any atom is 0.409 e. The molecular weight excluding hydrogens is 362 g/mol. The normalized spacial score (nSPS) is 19.1. The van der Waals surface area contributed by atoms with Crippen LogP contribution in [0.3, 0.4) is 0 Å². The molecule has 2 aliphatic heterocycles. The maximum absolute atomic E-state index is 12.6. The molecule has 0 aromatic carbocycles. The Morgan fingerprint density at radius 1 is 0.964 bits per heavy atom. The molecule has 0 saturated carbocycles. The molecule has 0 atom stereocenters. The fraction of sp³-hybridized carbons (Fsp3) is 0.842. The van der Waals surface area contributed by atoms with Crippen molar-refractivity contribution >= 4 is 18.0 Å². The first-order valence-electron chi connectivity index (χ1n) is 10.4. The number of urea groups is 1. The van der Waals surface area contributed by atoms with Crippen LogP contribution in [0.4, 0.5) is 9.59 Å². The molecule has 2 rings (SSSR count). The Hall–Kier alpha value is -2.03. The van der Waals surface area contributed by atoms with Crippen molar-refractivity contribution in [3.63, 3.8) is 0 Å². The summed E-state index contributed by atoms with van der Waals surface area (Å²) in [5.74, 6) is 0.153. The van der Waals surface area contributed by atoms with Gasteiger partial charge in [-0.1, -0.05) is 0 Å². The summed E-state index contributed by atoms with van der Waals surface area (Å²) in [5.41, 5.74) is 0. The zero-order valence-electron chi connectivity index (χ0n) is 17.5. The zero-order valence-corrected chi connectivity index (χ0v) is 17.5. The molecular formula is C19H35N5O4. The van der Waals surface area contributed by atoms with E-state index in [1.54, 1.807) is 4.90 Å². The van der Waals surface area contributed by atoms with E-state index in [1.165, 1.54) is 7.11 Å². The number of hydrogen-bond acceptors (Lipinski definition) is 5. The number of likely N-dealkylation sites (N-methyl/N-ethyl adjacent to an activating group) is 1. The summed E-state index contributed by atoms with van der Waals surface area (Å²) in [5, 5.41) is 3.10. The van der Waals surface area contributed by atoms with Gasteiger partial charge in [-0.05, 0) is 33.1 Å². The monoisotopic (exact) mass is 397 g/mol. The van der Waals surface area contributed by atoms with Gasteiger partial charge in [-0.3, -0.25) is 9.69 Å². The van der Waals surface area contributed by atoms with Gasteiger partial charge in [0.2, 0.25) is 5.91 Å². The summed E-state index contributed by atoms with van der Waals surface area (Å²) in [4.78, 5) is 44.0. The number of nitrogens with one attached hydrogen (secondary N) is 1. The Balaban J connectivity index is 1.75. The summed E-state index contributed by atoms with van der Waals surface area (Å²) in [6, 6.07) is 0.0328. The molecule has 0 unspecified atom stereocenters. The predicted molar refractivity (Wildman–Crippen MR) is 106 cm³/mol. The van der Waals surface area contributed by atoms with E-state index in [0.29, 0.717) is 39.3 Å². The molecule has 1 N–H and O–H groups in total. The molecule has 0 spiro atoms. The van der Waals surface area contributed by atoms with Gasteiger partial charge in [-0.2, -0.15) is 0 Å². The number of ether oxygens (including phenoxy) is 1. The summed E-state index contributed by atoms with van der Waals surface area (Å²) >= 11 is 0. The molecule has 9 heteroatoms. The highest BCUT2D eigenvalue weighted by Crippen LogP contribution is 2.12. The first-order valence-corrected chi connectivity index (χ1v) is 10.4. The first kappa shape index (κ1) is 22.3. The van der Waals surface area contributed by atoms with Crippen LogP contribution in [0.25, 0.3) is 0 Å². The minimum atomic E-state index is -0.309. The van der Waals surface area contributed by atoms with E-state index >= 15 is 0 Å². The first-order chi connectivity index (χ1) is 13.5. The van der Waals surface area contributed by atoms with E-state index in [0.717, 1.165) is 38.9 Å². The highest BCUT2D eigenvalue weighted by Gasteiger charge is 2.27. The lowest BCUT2D eigenvalue weighted by Gasteiger charge is -2.32. The molecule has 9 nitrogen and oxygen atoms in total. The maximum atomic E-state index is 12.6. The molecule has 2 heterocycles. The van der Waals surface area contributed by atoms with E-state index < -0.39 is 0 Å². The van der Waals surface area contributed by atoms with Crippen LogP contribution in [0.1, 0.15) is 33.1 Å². The molecule has 0 radical (unpaired) electrons. The van der Waals surface area contributed by atoms with E-state index in [-0.39, 0.29) is 24.1 Å². The Labute approximate surface area is 167 Å². The number of amides is 4. The quantitative estimate of drug-likeness (QED) is 0.742. The van der Waals surface area contributed by atoms with Gasteiger partial charge in [0.1, 0.15) is 0 Å². The number of nitrogens with zero attached hydrogens (tertiary/aromatic N) is 4. The standard InChI is InChI=1S/C19H35N5O4/c1-4-22(5-2)17(25)15-21-9-6-10-23(14-13-21)18(26)20-16-7-11-24(12-8-16)19(27)28-3/h16H,4-15H2,1-3H3,(H,20,26). The van der Waals surface area contributed by atoms with Crippen LogP contribution in [-0.4, -0.2) is 110 Å². The third-order valence-electron chi connectivity index (χ3n) is 5.61. The van der Waals surface area contributed by atoms with E-state index in [1.807, 2.05) is 23.6 Å². The fourth-order valence-corrected chi connectivity index (χ4v) is 3.80. The number of carbonyl (C=O) groups is 3. The van der Waals surface area contributed by atoms with Crippen molar-refractivity contribution in [3.05, 3.63) is 0 Å². The van der Waals surface area contributed by atoms with Crippen molar-refractivity contribution in [2.45, 2.75) is 39.2 Å². The van der Waals surface area contributed by atoms with Crippen molar-refractivity contribution in [1.29, 1.82) is 0 Å². The number of methoxy groups -OCH3 is 1. The highest BCUT2D eigenvalue weighted by molar-refractivity contribution is 5.78. The van der Waals surface area contributed by atoms with Crippen molar-refractivity contribution in [3.8, 4) is 0 Å². The van der Waals surface area contributed by atoms with Crippen LogP contribution in [0.15, 0.2) is 0 Å². The Kier molecular flexibility index (Phi) is 8.82. The van der Waals surface area contributed by atoms with Gasteiger partial charge in [0.05, 0.1) is 13.7 Å². The van der Waals surface area contributed by atoms with Crippen molar-refractivity contribution in [2.75, 3.05) is 66.0 Å². The molecule has 0 aromatic heterocycles. The fourth-order valence-electron chi connectivity index (χ4n) is 3.80. The average Bonchev–Trinajstić information content (AvgIpc) is 2.94. The lowest BCUT2D eigenvalue weighted by Crippen LogP contribution is -2.51. The van der Waals surface area contributed by atoms with Gasteiger partial charge >= 0.3 is 12.1 Å². The second kappa shape index (κ2) is 11.1. The third-order valence-corrected chi connectivity index (χ3v) is 5.61. The number of carbonyl (C=O) groups excluding carboxylic acids is 3. The number of piperidine rings is 1. The molecule has 2 fully saturated rings. The summed E-state index contributed by atoms with van der Waals surface area (Å²) < 4.78 is 4.74. The van der Waals surface area contributed by atoms with Crippen LogP contribution in [0, 0.1) is 0 Å². The molecule has 0 aliphatic carbocycles. The van der Waals surface area contributed by atoms with Gasteiger partial charge in [0, 0.05) is 58.4 Å². The van der Waals surface area contributed by atoms with Gasteiger partial charge in [0.25, 0.3) is 0 Å². The topological polar surface area (TPSA) is 85.4 Å². The summed E-state index contributed by atoms with van der Waals surface area (Å²) in [7, 11) is 1.38. The lowest BCUT2D eigenvalue weighted by molar-refractivity contribution is -0.132. The van der Waals surface area contributed by atoms with E-state index in [4.69, 9.17) is 4.74 Å². The second-order valence-electron chi connectivity index (χ2n) is 7.36. The molecule has 2 saturated heterocycles. The molecule has 0 bridgehead atoms. The zero-order chi connectivity index (χ0) is 20.5. The van der Waals surface area contributed by atoms with Gasteiger partial charge in [0.15, 0.2) is 0 Å². The van der Waals surface area contributed by atoms with Crippen molar-refractivity contribution in [1.82, 2.24) is 24.9 Å². The number of likely N-dealkylation sites (tertiary alicyclic amines) is 1. The van der Waals surface area contributed by atoms with Crippen LogP contribution in [0.5, 0.6) is 0 Å². The van der Waals surface area contributed by atoms with Gasteiger partial charge < -0.3 is 24.8 Å². The molecule has 0 aromatic rings. The minimum absolute atomic E-state index is 0.0477. The molecule has 4 amide bonds. The third kappa shape index (κ3) is 6.25. The number of rotatable bonds is 5. The van der Waals surface area contributed by atoms with Gasteiger partial charge in [-0.25, -0.2) is 9.59 Å². The van der Waals surface area contributed by atoms with Crippen LogP contribution >= 0.6 is 0 Å². The average molecular weight is 398 g/mol. The smallest absolute Gasteiger partial charge is 0.409 e. The van der Waals surface area contributed by atoms with Crippen LogP contribution < -0.4 is 5.32 Å².